The number of hydrogen-bond acceptors (Lipinski definition) is 4. The largest absolute Gasteiger partial charge is 0.494 e. The van der Waals surface area contributed by atoms with Crippen LogP contribution in [0.15, 0.2) is 50.7 Å². The van der Waals surface area contributed by atoms with E-state index in [1.54, 1.807) is 16.8 Å². The van der Waals surface area contributed by atoms with Crippen LogP contribution in [0.1, 0.15) is 0 Å². The van der Waals surface area contributed by atoms with Gasteiger partial charge in [0.25, 0.3) is 5.56 Å². The zero-order valence-electron chi connectivity index (χ0n) is 10.5. The fourth-order valence-electron chi connectivity index (χ4n) is 2.05. The molecule has 3 aromatic rings. The van der Waals surface area contributed by atoms with Gasteiger partial charge in [0.2, 0.25) is 5.88 Å². The van der Waals surface area contributed by atoms with Gasteiger partial charge in [0.05, 0.1) is 5.69 Å². The Balaban J connectivity index is 2.35. The Morgan fingerprint density at radius 1 is 1.24 bits per heavy atom. The molecule has 2 heterocycles. The van der Waals surface area contributed by atoms with Crippen molar-refractivity contribution in [3.63, 3.8) is 0 Å². The summed E-state index contributed by atoms with van der Waals surface area (Å²) in [5.41, 5.74) is -1.06. The van der Waals surface area contributed by atoms with E-state index in [-0.39, 0.29) is 11.1 Å². The minimum Gasteiger partial charge on any atom is -0.494 e. The summed E-state index contributed by atoms with van der Waals surface area (Å²) in [5, 5.41) is 13.7. The lowest BCUT2D eigenvalue weighted by Crippen LogP contribution is -2.29. The van der Waals surface area contributed by atoms with Crippen LogP contribution in [0.5, 0.6) is 5.88 Å². The van der Waals surface area contributed by atoms with E-state index in [4.69, 9.17) is 0 Å². The quantitative estimate of drug-likeness (QED) is 0.761. The molecule has 0 atom stereocenters. The van der Waals surface area contributed by atoms with E-state index < -0.39 is 22.9 Å². The molecule has 0 radical (unpaired) electrons. The molecule has 0 saturated heterocycles. The third kappa shape index (κ3) is 2.27. The Labute approximate surface area is 121 Å². The molecule has 7 heteroatoms. The van der Waals surface area contributed by atoms with E-state index in [0.29, 0.717) is 5.69 Å². The second-order valence-electron chi connectivity index (χ2n) is 4.29. The molecule has 2 aromatic heterocycles. The SMILES string of the molecule is O=c1[nH]c(=O)n(-c2ccsc2)c(O)c1-c1cccc(F)c1. The molecule has 21 heavy (non-hydrogen) atoms. The van der Waals surface area contributed by atoms with Gasteiger partial charge in [-0.3, -0.25) is 9.78 Å². The van der Waals surface area contributed by atoms with Crippen molar-refractivity contribution in [1.29, 1.82) is 0 Å². The summed E-state index contributed by atoms with van der Waals surface area (Å²) in [6.45, 7) is 0. The van der Waals surface area contributed by atoms with E-state index in [2.05, 4.69) is 4.98 Å². The second-order valence-corrected chi connectivity index (χ2v) is 5.07. The van der Waals surface area contributed by atoms with Crippen molar-refractivity contribution in [3.05, 3.63) is 67.7 Å². The van der Waals surface area contributed by atoms with Crippen molar-refractivity contribution in [3.8, 4) is 22.7 Å². The molecule has 0 bridgehead atoms. The van der Waals surface area contributed by atoms with E-state index >= 15 is 0 Å². The first-order valence-corrected chi connectivity index (χ1v) is 6.89. The molecule has 0 fully saturated rings. The minimum absolute atomic E-state index is 0.152. The maximum absolute atomic E-state index is 13.3. The van der Waals surface area contributed by atoms with Crippen LogP contribution in [0, 0.1) is 5.82 Å². The molecular formula is C14H9FN2O3S. The van der Waals surface area contributed by atoms with Gasteiger partial charge in [-0.05, 0) is 29.1 Å². The van der Waals surface area contributed by atoms with Gasteiger partial charge >= 0.3 is 5.69 Å². The summed E-state index contributed by atoms with van der Waals surface area (Å²) in [6.07, 6.45) is 0. The molecule has 106 valence electrons. The Morgan fingerprint density at radius 2 is 2.05 bits per heavy atom. The van der Waals surface area contributed by atoms with Gasteiger partial charge in [0.1, 0.15) is 11.4 Å². The first kappa shape index (κ1) is 13.3. The topological polar surface area (TPSA) is 75.1 Å². The Morgan fingerprint density at radius 3 is 2.71 bits per heavy atom. The molecule has 3 rings (SSSR count). The fourth-order valence-corrected chi connectivity index (χ4v) is 2.67. The Hall–Kier alpha value is -2.67. The average Bonchev–Trinajstić information content (AvgIpc) is 2.92. The number of nitrogens with zero attached hydrogens (tertiary/aromatic N) is 1. The van der Waals surface area contributed by atoms with Gasteiger partial charge in [-0.2, -0.15) is 11.3 Å². The summed E-state index contributed by atoms with van der Waals surface area (Å²) in [4.78, 5) is 26.0. The highest BCUT2D eigenvalue weighted by Gasteiger charge is 2.17. The van der Waals surface area contributed by atoms with Crippen molar-refractivity contribution >= 4 is 11.3 Å². The van der Waals surface area contributed by atoms with Crippen molar-refractivity contribution in [2.24, 2.45) is 0 Å². The van der Waals surface area contributed by atoms with Gasteiger partial charge in [0.15, 0.2) is 0 Å². The zero-order chi connectivity index (χ0) is 15.0. The lowest BCUT2D eigenvalue weighted by atomic mass is 10.1. The third-order valence-electron chi connectivity index (χ3n) is 2.96. The number of rotatable bonds is 2. The molecule has 0 aliphatic carbocycles. The van der Waals surface area contributed by atoms with Crippen molar-refractivity contribution in [2.75, 3.05) is 0 Å². The van der Waals surface area contributed by atoms with Crippen LogP contribution >= 0.6 is 11.3 Å². The highest BCUT2D eigenvalue weighted by Crippen LogP contribution is 2.27. The molecule has 1 aromatic carbocycles. The maximum Gasteiger partial charge on any atom is 0.335 e. The number of thiophene rings is 1. The number of benzene rings is 1. The van der Waals surface area contributed by atoms with E-state index in [1.807, 2.05) is 0 Å². The number of halogens is 1. The zero-order valence-corrected chi connectivity index (χ0v) is 11.4. The van der Waals surface area contributed by atoms with Crippen LogP contribution in [-0.4, -0.2) is 14.7 Å². The minimum atomic E-state index is -0.769. The highest BCUT2D eigenvalue weighted by molar-refractivity contribution is 7.08. The molecule has 0 unspecified atom stereocenters. The van der Waals surface area contributed by atoms with Crippen LogP contribution in [0.2, 0.25) is 0 Å². The summed E-state index contributed by atoms with van der Waals surface area (Å²) in [6, 6.07) is 6.87. The molecule has 0 aliphatic rings. The van der Waals surface area contributed by atoms with E-state index in [1.165, 1.54) is 29.5 Å². The smallest absolute Gasteiger partial charge is 0.335 e. The molecular weight excluding hydrogens is 295 g/mol. The molecule has 0 saturated carbocycles. The van der Waals surface area contributed by atoms with Gasteiger partial charge < -0.3 is 5.11 Å². The van der Waals surface area contributed by atoms with Crippen LogP contribution in [0.4, 0.5) is 4.39 Å². The van der Waals surface area contributed by atoms with Gasteiger partial charge in [-0.25, -0.2) is 13.8 Å². The summed E-state index contributed by atoms with van der Waals surface area (Å²) < 4.78 is 14.3. The Kier molecular flexibility index (Phi) is 3.19. The lowest BCUT2D eigenvalue weighted by Gasteiger charge is -2.10. The second kappa shape index (κ2) is 5.02. The number of nitrogens with one attached hydrogen (secondary N) is 1. The predicted octanol–water partition coefficient (Wildman–Crippen LogP) is 2.10. The summed E-state index contributed by atoms with van der Waals surface area (Å²) in [5.74, 6) is -1.06. The van der Waals surface area contributed by atoms with Gasteiger partial charge in [0, 0.05) is 5.38 Å². The standard InChI is InChI=1S/C14H9FN2O3S/c15-9-3-1-2-8(6-9)11-12(18)16-14(20)17(13(11)19)10-4-5-21-7-10/h1-7,19H,(H,16,18,20). The third-order valence-corrected chi connectivity index (χ3v) is 3.63. The van der Waals surface area contributed by atoms with Crippen molar-refractivity contribution in [2.45, 2.75) is 0 Å². The van der Waals surface area contributed by atoms with Gasteiger partial charge in [-0.1, -0.05) is 12.1 Å². The molecule has 0 amide bonds. The van der Waals surface area contributed by atoms with Crippen LogP contribution < -0.4 is 11.2 Å². The number of aromatic hydroxyl groups is 1. The monoisotopic (exact) mass is 304 g/mol. The average molecular weight is 304 g/mol. The Bertz CT molecular complexity index is 913. The molecule has 2 N–H and O–H groups in total. The van der Waals surface area contributed by atoms with E-state index in [9.17, 15) is 19.1 Å². The first-order chi connectivity index (χ1) is 10.1. The number of aromatic nitrogens is 2. The van der Waals surface area contributed by atoms with Crippen LogP contribution in [-0.2, 0) is 0 Å². The maximum atomic E-state index is 13.3. The molecule has 0 spiro atoms. The van der Waals surface area contributed by atoms with Crippen LogP contribution in [0.25, 0.3) is 16.8 Å². The predicted molar refractivity (Wildman–Crippen MR) is 77.6 cm³/mol. The highest BCUT2D eigenvalue weighted by atomic mass is 32.1. The number of aromatic amines is 1. The molecule has 0 aliphatic heterocycles. The number of hydrogen-bond donors (Lipinski definition) is 2. The first-order valence-electron chi connectivity index (χ1n) is 5.95. The normalized spacial score (nSPS) is 10.7. The van der Waals surface area contributed by atoms with Crippen LogP contribution in [0.3, 0.4) is 0 Å². The lowest BCUT2D eigenvalue weighted by molar-refractivity contribution is 0.434. The fraction of sp³-hybridized carbons (Fsp3) is 0. The number of H-pyrrole nitrogens is 1. The van der Waals surface area contributed by atoms with Gasteiger partial charge in [-0.15, -0.1) is 0 Å². The summed E-state index contributed by atoms with van der Waals surface area (Å²) in [7, 11) is 0. The van der Waals surface area contributed by atoms with Crippen molar-refractivity contribution in [1.82, 2.24) is 9.55 Å². The summed E-state index contributed by atoms with van der Waals surface area (Å²) >= 11 is 1.34. The molecule has 5 nitrogen and oxygen atoms in total. The van der Waals surface area contributed by atoms with Crippen molar-refractivity contribution < 1.29 is 9.50 Å². The van der Waals surface area contributed by atoms with E-state index in [0.717, 1.165) is 10.6 Å².